The van der Waals surface area contributed by atoms with Crippen LogP contribution in [0.5, 0.6) is 0 Å². The molecule has 0 amide bonds. The first-order chi connectivity index (χ1) is 27.1. The van der Waals surface area contributed by atoms with Gasteiger partial charge in [0.2, 0.25) is 0 Å². The number of benzene rings is 7. The summed E-state index contributed by atoms with van der Waals surface area (Å²) in [5, 5.41) is 22.1. The van der Waals surface area contributed by atoms with Crippen LogP contribution < -0.4 is 0 Å². The van der Waals surface area contributed by atoms with Gasteiger partial charge in [0, 0.05) is 27.5 Å². The zero-order valence-corrected chi connectivity index (χ0v) is 29.2. The molecule has 0 N–H and O–H groups in total. The summed E-state index contributed by atoms with van der Waals surface area (Å²) in [6.45, 7) is 7.84. The van der Waals surface area contributed by atoms with Crippen molar-refractivity contribution in [3.63, 3.8) is 0 Å². The van der Waals surface area contributed by atoms with Gasteiger partial charge in [-0.15, -0.1) is 0 Å². The smallest absolute Gasteiger partial charge is 0.194 e. The van der Waals surface area contributed by atoms with Crippen LogP contribution in [0, 0.1) is 29.2 Å². The summed E-state index contributed by atoms with van der Waals surface area (Å²) in [6, 6.07) is 57.5. The van der Waals surface area contributed by atoms with E-state index >= 15 is 0 Å². The Labute approximate surface area is 317 Å². The zero-order chi connectivity index (χ0) is 37.3. The van der Waals surface area contributed by atoms with Crippen molar-refractivity contribution in [3.05, 3.63) is 186 Å². The van der Waals surface area contributed by atoms with Crippen LogP contribution in [0.3, 0.4) is 0 Å². The van der Waals surface area contributed by atoms with Gasteiger partial charge in [0.1, 0.15) is 0 Å². The fourth-order valence-electron chi connectivity index (χ4n) is 7.17. The Morgan fingerprint density at radius 2 is 1.02 bits per heavy atom. The molecule has 0 atom stereocenters. The molecule has 0 aliphatic rings. The molecule has 55 heavy (non-hydrogen) atoms. The van der Waals surface area contributed by atoms with Gasteiger partial charge in [0.25, 0.3) is 0 Å². The van der Waals surface area contributed by atoms with Gasteiger partial charge in [-0.2, -0.15) is 10.5 Å². The molecule has 0 aliphatic carbocycles. The Bertz CT molecular complexity index is 2900. The quantitative estimate of drug-likeness (QED) is 0.161. The van der Waals surface area contributed by atoms with E-state index in [1.54, 1.807) is 6.07 Å². The average Bonchev–Trinajstić information content (AvgIpc) is 3.59. The van der Waals surface area contributed by atoms with E-state index in [9.17, 15) is 10.5 Å². The van der Waals surface area contributed by atoms with Gasteiger partial charge in [-0.05, 0) is 70.8 Å². The third-order valence-corrected chi connectivity index (χ3v) is 9.77. The van der Waals surface area contributed by atoms with E-state index in [0.29, 0.717) is 34.3 Å². The topological polar surface area (TPSA) is 95.5 Å². The molecule has 0 saturated heterocycles. The Morgan fingerprint density at radius 3 is 1.62 bits per heavy atom. The van der Waals surface area contributed by atoms with Crippen LogP contribution in [0.2, 0.25) is 0 Å². The average molecular weight is 702 g/mol. The molecular formula is C48H27N7. The van der Waals surface area contributed by atoms with Gasteiger partial charge in [0.05, 0.1) is 46.6 Å². The highest BCUT2D eigenvalue weighted by Crippen LogP contribution is 2.41. The fourth-order valence-corrected chi connectivity index (χ4v) is 7.17. The third kappa shape index (κ3) is 5.83. The van der Waals surface area contributed by atoms with Gasteiger partial charge in [-0.25, -0.2) is 19.8 Å². The fraction of sp³-hybridized carbons (Fsp3) is 0. The normalized spacial score (nSPS) is 10.9. The Kier molecular flexibility index (Phi) is 8.18. The number of nitrogens with zero attached hydrogens (tertiary/aromatic N) is 7. The summed E-state index contributed by atoms with van der Waals surface area (Å²) in [6.07, 6.45) is 0. The number of hydrogen-bond acceptors (Lipinski definition) is 5. The predicted octanol–water partition coefficient (Wildman–Crippen LogP) is 11.6. The molecule has 9 aromatic rings. The minimum Gasteiger partial charge on any atom is -0.308 e. The summed E-state index contributed by atoms with van der Waals surface area (Å²) < 4.78 is 2.15. The number of rotatable bonds is 6. The van der Waals surface area contributed by atoms with Crippen molar-refractivity contribution in [1.29, 1.82) is 10.5 Å². The Morgan fingerprint density at radius 1 is 0.473 bits per heavy atom. The summed E-state index contributed by atoms with van der Waals surface area (Å²) >= 11 is 0. The van der Waals surface area contributed by atoms with Gasteiger partial charge in [0.15, 0.2) is 23.2 Å². The van der Waals surface area contributed by atoms with Gasteiger partial charge in [-0.3, -0.25) is 0 Å². The molecule has 0 unspecified atom stereocenters. The Balaban J connectivity index is 1.35. The SMILES string of the molecule is [C-]#[N+]c1ccccc1-c1ccc2c(c1)c1cc(-c3ccccc3C#N)ccc1n2-c1cc(C#N)ccc1-c1nc(-c2ccccc2)nc(-c2ccccc2)n1. The van der Waals surface area contributed by atoms with Crippen LogP contribution in [0.25, 0.3) is 88.8 Å². The molecule has 254 valence electrons. The van der Waals surface area contributed by atoms with Crippen molar-refractivity contribution in [2.45, 2.75) is 0 Å². The van der Waals surface area contributed by atoms with Crippen LogP contribution in [0.15, 0.2) is 164 Å². The molecule has 0 fully saturated rings. The first-order valence-electron chi connectivity index (χ1n) is 17.6. The second-order valence-electron chi connectivity index (χ2n) is 13.0. The molecule has 2 aromatic heterocycles. The molecule has 7 heteroatoms. The monoisotopic (exact) mass is 701 g/mol. The number of fused-ring (bicyclic) bond motifs is 3. The largest absolute Gasteiger partial charge is 0.308 e. The van der Waals surface area contributed by atoms with Crippen molar-refractivity contribution < 1.29 is 0 Å². The highest BCUT2D eigenvalue weighted by atomic mass is 15.1. The van der Waals surface area contributed by atoms with Crippen molar-refractivity contribution in [1.82, 2.24) is 19.5 Å². The molecule has 9 rings (SSSR count). The number of nitriles is 2. The van der Waals surface area contributed by atoms with Crippen LogP contribution in [-0.4, -0.2) is 19.5 Å². The summed E-state index contributed by atoms with van der Waals surface area (Å²) in [7, 11) is 0. The number of hydrogen-bond donors (Lipinski definition) is 0. The lowest BCUT2D eigenvalue weighted by Gasteiger charge is -2.15. The van der Waals surface area contributed by atoms with E-state index in [2.05, 4.69) is 45.8 Å². The van der Waals surface area contributed by atoms with E-state index in [4.69, 9.17) is 21.5 Å². The second-order valence-corrected chi connectivity index (χ2v) is 13.0. The summed E-state index contributed by atoms with van der Waals surface area (Å²) in [4.78, 5) is 18.8. The molecule has 0 saturated carbocycles. The molecular weight excluding hydrogens is 675 g/mol. The first kappa shape index (κ1) is 32.7. The lowest BCUT2D eigenvalue weighted by atomic mass is 9.97. The first-order valence-corrected chi connectivity index (χ1v) is 17.6. The molecule has 0 radical (unpaired) electrons. The molecule has 0 aliphatic heterocycles. The van der Waals surface area contributed by atoms with E-state index in [1.165, 1.54) is 0 Å². The summed E-state index contributed by atoms with van der Waals surface area (Å²) in [5.41, 5.74) is 10.0. The Hall–Kier alpha value is -8.18. The maximum atomic E-state index is 10.2. The van der Waals surface area contributed by atoms with Crippen LogP contribution >= 0.6 is 0 Å². The van der Waals surface area contributed by atoms with Crippen molar-refractivity contribution in [2.75, 3.05) is 0 Å². The molecule has 0 bridgehead atoms. The van der Waals surface area contributed by atoms with Crippen LogP contribution in [0.1, 0.15) is 11.1 Å². The molecule has 2 heterocycles. The maximum Gasteiger partial charge on any atom is 0.194 e. The van der Waals surface area contributed by atoms with E-state index in [1.807, 2.05) is 133 Å². The van der Waals surface area contributed by atoms with E-state index in [-0.39, 0.29) is 0 Å². The van der Waals surface area contributed by atoms with Crippen molar-refractivity contribution in [2.24, 2.45) is 0 Å². The lowest BCUT2D eigenvalue weighted by Crippen LogP contribution is -2.04. The van der Waals surface area contributed by atoms with Crippen LogP contribution in [0.4, 0.5) is 5.69 Å². The highest BCUT2D eigenvalue weighted by Gasteiger charge is 2.21. The minimum absolute atomic E-state index is 0.462. The predicted molar refractivity (Wildman–Crippen MR) is 217 cm³/mol. The number of para-hydroxylation sites is 1. The molecule has 7 nitrogen and oxygen atoms in total. The zero-order valence-electron chi connectivity index (χ0n) is 29.2. The van der Waals surface area contributed by atoms with Gasteiger partial charge >= 0.3 is 0 Å². The van der Waals surface area contributed by atoms with Gasteiger partial charge < -0.3 is 4.57 Å². The number of aromatic nitrogens is 4. The van der Waals surface area contributed by atoms with Gasteiger partial charge in [-0.1, -0.05) is 115 Å². The van der Waals surface area contributed by atoms with E-state index < -0.39 is 0 Å². The molecule has 7 aromatic carbocycles. The van der Waals surface area contributed by atoms with Crippen LogP contribution in [-0.2, 0) is 0 Å². The third-order valence-electron chi connectivity index (χ3n) is 9.77. The minimum atomic E-state index is 0.462. The standard InChI is InChI=1S/C48H27N7/c1-51-42-19-11-10-18-38(42)35-22-25-44-41(28-35)40-27-34(37-17-9-8-16-36(37)30-50)21-24-43(40)55(44)45-26-31(29-49)20-23-39(45)48-53-46(32-12-4-2-5-13-32)52-47(54-48)33-14-6-3-7-15-33/h2-28H. The highest BCUT2D eigenvalue weighted by molar-refractivity contribution is 6.12. The second kappa shape index (κ2) is 13.7. The van der Waals surface area contributed by atoms with Crippen molar-refractivity contribution in [3.8, 4) is 74.2 Å². The van der Waals surface area contributed by atoms with Crippen molar-refractivity contribution >= 4 is 27.5 Å². The van der Waals surface area contributed by atoms with E-state index in [0.717, 1.165) is 66.4 Å². The summed E-state index contributed by atoms with van der Waals surface area (Å²) in [5.74, 6) is 1.53. The lowest BCUT2D eigenvalue weighted by molar-refractivity contribution is 1.06. The molecule has 0 spiro atoms. The maximum absolute atomic E-state index is 10.2.